The van der Waals surface area contributed by atoms with Gasteiger partial charge in [-0.15, -0.1) is 0 Å². The van der Waals surface area contributed by atoms with Crippen LogP contribution >= 0.6 is 0 Å². The molecule has 0 aromatic heterocycles. The number of carboxylic acids is 1. The highest BCUT2D eigenvalue weighted by Crippen LogP contribution is 2.46. The number of unbranched alkanes of at least 4 members (excludes halogenated alkanes) is 1. The standard InChI is InChI=1S/C17H28O6/c18-15(19)5-1-3-7-17(20)11-12-9-13(10-14(12)23-17)22-16-6-2-4-8-21-16/h12-14,16,20H,1-11H2,(H,18,19)/t12-,13-,14-,16?,17?/m1/s1. The predicted octanol–water partition coefficient (Wildman–Crippen LogP) is 2.43. The zero-order chi connectivity index (χ0) is 16.3. The molecule has 132 valence electrons. The average Bonchev–Trinajstić information content (AvgIpc) is 2.99. The Morgan fingerprint density at radius 2 is 2.13 bits per heavy atom. The lowest BCUT2D eigenvalue weighted by Crippen LogP contribution is -2.31. The molecule has 0 amide bonds. The number of aliphatic carboxylic acids is 1. The first kappa shape index (κ1) is 17.1. The molecule has 5 atom stereocenters. The van der Waals surface area contributed by atoms with Gasteiger partial charge in [0, 0.05) is 32.3 Å². The van der Waals surface area contributed by atoms with Gasteiger partial charge in [0.2, 0.25) is 0 Å². The predicted molar refractivity (Wildman–Crippen MR) is 81.7 cm³/mol. The van der Waals surface area contributed by atoms with E-state index in [2.05, 4.69) is 0 Å². The summed E-state index contributed by atoms with van der Waals surface area (Å²) in [5.74, 6) is -1.51. The number of carboxylic acid groups (broad SMARTS) is 1. The number of ether oxygens (including phenoxy) is 3. The van der Waals surface area contributed by atoms with Crippen molar-refractivity contribution in [3.05, 3.63) is 0 Å². The van der Waals surface area contributed by atoms with E-state index in [1.54, 1.807) is 0 Å². The third-order valence-corrected chi connectivity index (χ3v) is 5.23. The van der Waals surface area contributed by atoms with Gasteiger partial charge in [0.1, 0.15) is 0 Å². The van der Waals surface area contributed by atoms with Crippen molar-refractivity contribution in [3.63, 3.8) is 0 Å². The maximum Gasteiger partial charge on any atom is 0.303 e. The number of aliphatic hydroxyl groups is 1. The molecule has 6 nitrogen and oxygen atoms in total. The second-order valence-electron chi connectivity index (χ2n) is 7.19. The van der Waals surface area contributed by atoms with E-state index in [4.69, 9.17) is 19.3 Å². The molecule has 1 saturated carbocycles. The molecule has 2 unspecified atom stereocenters. The van der Waals surface area contributed by atoms with Crippen LogP contribution in [0.25, 0.3) is 0 Å². The molecular formula is C17H28O6. The largest absolute Gasteiger partial charge is 0.481 e. The van der Waals surface area contributed by atoms with Gasteiger partial charge in [0.25, 0.3) is 0 Å². The van der Waals surface area contributed by atoms with Crippen molar-refractivity contribution in [3.8, 4) is 0 Å². The second-order valence-corrected chi connectivity index (χ2v) is 7.19. The third kappa shape index (κ3) is 4.66. The van der Waals surface area contributed by atoms with Crippen LogP contribution < -0.4 is 0 Å². The minimum absolute atomic E-state index is 0.0630. The second kappa shape index (κ2) is 7.47. The van der Waals surface area contributed by atoms with Crippen molar-refractivity contribution in [2.75, 3.05) is 6.61 Å². The molecule has 0 radical (unpaired) electrons. The molecule has 3 fully saturated rings. The van der Waals surface area contributed by atoms with Crippen LogP contribution in [0.15, 0.2) is 0 Å². The molecule has 6 heteroatoms. The van der Waals surface area contributed by atoms with Crippen LogP contribution in [-0.4, -0.2) is 47.1 Å². The van der Waals surface area contributed by atoms with Crippen LogP contribution in [0.1, 0.15) is 64.2 Å². The molecule has 3 rings (SSSR count). The van der Waals surface area contributed by atoms with E-state index in [-0.39, 0.29) is 24.9 Å². The quantitative estimate of drug-likeness (QED) is 0.698. The minimum atomic E-state index is -1.07. The first-order chi connectivity index (χ1) is 11.0. The summed E-state index contributed by atoms with van der Waals surface area (Å²) < 4.78 is 17.5. The molecule has 3 aliphatic rings. The highest BCUT2D eigenvalue weighted by atomic mass is 16.7. The van der Waals surface area contributed by atoms with Crippen molar-refractivity contribution < 1.29 is 29.2 Å². The number of hydrogen-bond donors (Lipinski definition) is 2. The fourth-order valence-corrected chi connectivity index (χ4v) is 4.12. The molecule has 0 aromatic rings. The van der Waals surface area contributed by atoms with Crippen molar-refractivity contribution >= 4 is 5.97 Å². The van der Waals surface area contributed by atoms with E-state index < -0.39 is 11.8 Å². The van der Waals surface area contributed by atoms with E-state index in [0.717, 1.165) is 38.7 Å². The van der Waals surface area contributed by atoms with Crippen molar-refractivity contribution in [2.45, 2.75) is 88.5 Å². The first-order valence-electron chi connectivity index (χ1n) is 8.93. The highest BCUT2D eigenvalue weighted by molar-refractivity contribution is 5.66. The van der Waals surface area contributed by atoms with Crippen LogP contribution in [0.4, 0.5) is 0 Å². The molecule has 0 aromatic carbocycles. The Morgan fingerprint density at radius 1 is 1.26 bits per heavy atom. The van der Waals surface area contributed by atoms with Gasteiger partial charge >= 0.3 is 5.97 Å². The Bertz CT molecular complexity index is 392. The van der Waals surface area contributed by atoms with Crippen LogP contribution in [-0.2, 0) is 19.0 Å². The summed E-state index contributed by atoms with van der Waals surface area (Å²) in [7, 11) is 0. The lowest BCUT2D eigenvalue weighted by molar-refractivity contribution is -0.212. The van der Waals surface area contributed by atoms with Gasteiger partial charge in [-0.2, -0.15) is 0 Å². The lowest BCUT2D eigenvalue weighted by atomic mass is 9.96. The summed E-state index contributed by atoms with van der Waals surface area (Å²) in [6.45, 7) is 0.789. The molecule has 23 heavy (non-hydrogen) atoms. The van der Waals surface area contributed by atoms with Crippen LogP contribution in [0, 0.1) is 5.92 Å². The van der Waals surface area contributed by atoms with Gasteiger partial charge in [-0.3, -0.25) is 4.79 Å². The summed E-state index contributed by atoms with van der Waals surface area (Å²) >= 11 is 0. The van der Waals surface area contributed by atoms with E-state index in [1.807, 2.05) is 0 Å². The first-order valence-corrected chi connectivity index (χ1v) is 8.93. The number of fused-ring (bicyclic) bond motifs is 1. The van der Waals surface area contributed by atoms with Gasteiger partial charge in [-0.05, 0) is 44.4 Å². The van der Waals surface area contributed by atoms with E-state index in [1.165, 1.54) is 0 Å². The fraction of sp³-hybridized carbons (Fsp3) is 0.941. The molecular weight excluding hydrogens is 300 g/mol. The maximum atomic E-state index is 10.5. The summed E-state index contributed by atoms with van der Waals surface area (Å²) in [5.41, 5.74) is 0. The van der Waals surface area contributed by atoms with Gasteiger partial charge in [-0.1, -0.05) is 0 Å². The molecule has 0 bridgehead atoms. The lowest BCUT2D eigenvalue weighted by Gasteiger charge is -2.28. The van der Waals surface area contributed by atoms with Crippen LogP contribution in [0.5, 0.6) is 0 Å². The zero-order valence-electron chi connectivity index (χ0n) is 13.6. The van der Waals surface area contributed by atoms with Gasteiger partial charge in [0.15, 0.2) is 12.1 Å². The SMILES string of the molecule is O=C(O)CCCCC1(O)C[C@H]2C[C@@H](OC3CCCCO3)C[C@H]2O1. The third-order valence-electron chi connectivity index (χ3n) is 5.23. The fourth-order valence-electron chi connectivity index (χ4n) is 4.12. The summed E-state index contributed by atoms with van der Waals surface area (Å²) in [6, 6.07) is 0. The highest BCUT2D eigenvalue weighted by Gasteiger charge is 2.50. The summed E-state index contributed by atoms with van der Waals surface area (Å²) in [4.78, 5) is 10.5. The molecule has 0 spiro atoms. The molecule has 2 heterocycles. The average molecular weight is 328 g/mol. The summed E-state index contributed by atoms with van der Waals surface area (Å²) in [5, 5.41) is 19.2. The maximum absolute atomic E-state index is 10.5. The van der Waals surface area contributed by atoms with Crippen molar-refractivity contribution in [1.82, 2.24) is 0 Å². The molecule has 2 N–H and O–H groups in total. The van der Waals surface area contributed by atoms with Gasteiger partial charge < -0.3 is 24.4 Å². The topological polar surface area (TPSA) is 85.2 Å². The van der Waals surface area contributed by atoms with Crippen molar-refractivity contribution in [1.29, 1.82) is 0 Å². The van der Waals surface area contributed by atoms with E-state index >= 15 is 0 Å². The molecule has 2 saturated heterocycles. The van der Waals surface area contributed by atoms with E-state index in [9.17, 15) is 9.90 Å². The number of carbonyl (C=O) groups is 1. The molecule has 2 aliphatic heterocycles. The normalized spacial score (nSPS) is 40.2. The van der Waals surface area contributed by atoms with Crippen LogP contribution in [0.2, 0.25) is 0 Å². The van der Waals surface area contributed by atoms with Crippen molar-refractivity contribution in [2.24, 2.45) is 5.92 Å². The Hall–Kier alpha value is -0.690. The Labute approximate surface area is 137 Å². The van der Waals surface area contributed by atoms with Crippen LogP contribution in [0.3, 0.4) is 0 Å². The molecule has 1 aliphatic carbocycles. The zero-order valence-corrected chi connectivity index (χ0v) is 13.6. The number of rotatable bonds is 7. The minimum Gasteiger partial charge on any atom is -0.481 e. The van der Waals surface area contributed by atoms with E-state index in [0.29, 0.717) is 31.6 Å². The van der Waals surface area contributed by atoms with Gasteiger partial charge in [0.05, 0.1) is 12.2 Å². The van der Waals surface area contributed by atoms with Gasteiger partial charge in [-0.25, -0.2) is 0 Å². The Morgan fingerprint density at radius 3 is 2.83 bits per heavy atom. The Balaban J connectivity index is 1.39. The Kier molecular flexibility index (Phi) is 5.57. The smallest absolute Gasteiger partial charge is 0.303 e. The monoisotopic (exact) mass is 328 g/mol. The number of hydrogen-bond acceptors (Lipinski definition) is 5. The summed E-state index contributed by atoms with van der Waals surface area (Å²) in [6.07, 6.45) is 7.73.